The summed E-state index contributed by atoms with van der Waals surface area (Å²) >= 11 is 0. The molecule has 0 radical (unpaired) electrons. The number of rotatable bonds is 1. The molecule has 3 aromatic rings. The summed E-state index contributed by atoms with van der Waals surface area (Å²) in [6, 6.07) is 3.53. The SMILES string of the molecule is CNc1cc2nc3c(cnn13)C(=O)CCCOc1ccc(C(F)(F)F)c(n1)N2. The zero-order chi connectivity index (χ0) is 19.9. The number of Topliss-reactive ketones (excluding diaryl/α,β-unsaturated/α-hetero) is 1. The molecule has 4 heterocycles. The van der Waals surface area contributed by atoms with Gasteiger partial charge in [-0.3, -0.25) is 4.79 Å². The predicted octanol–water partition coefficient (Wildman–Crippen LogP) is 3.28. The zero-order valence-electron chi connectivity index (χ0n) is 14.7. The third-order valence-electron chi connectivity index (χ3n) is 4.25. The molecule has 3 aromatic heterocycles. The average molecular weight is 392 g/mol. The number of nitrogens with zero attached hydrogens (tertiary/aromatic N) is 4. The van der Waals surface area contributed by atoms with Crippen molar-refractivity contribution >= 4 is 28.9 Å². The van der Waals surface area contributed by atoms with Crippen molar-refractivity contribution in [2.75, 3.05) is 24.3 Å². The number of alkyl halides is 3. The van der Waals surface area contributed by atoms with Gasteiger partial charge in [-0.15, -0.1) is 0 Å². The zero-order valence-corrected chi connectivity index (χ0v) is 14.7. The van der Waals surface area contributed by atoms with Crippen molar-refractivity contribution in [3.63, 3.8) is 0 Å². The fourth-order valence-electron chi connectivity index (χ4n) is 2.91. The summed E-state index contributed by atoms with van der Waals surface area (Å²) in [6.07, 6.45) is -2.66. The van der Waals surface area contributed by atoms with E-state index in [9.17, 15) is 18.0 Å². The van der Waals surface area contributed by atoms with Crippen LogP contribution in [0.2, 0.25) is 0 Å². The molecular weight excluding hydrogens is 377 g/mol. The lowest BCUT2D eigenvalue weighted by molar-refractivity contribution is -0.137. The molecule has 4 bridgehead atoms. The lowest BCUT2D eigenvalue weighted by atomic mass is 10.1. The molecule has 0 spiro atoms. The molecule has 28 heavy (non-hydrogen) atoms. The number of anilines is 3. The molecule has 0 amide bonds. The summed E-state index contributed by atoms with van der Waals surface area (Å²) in [5.41, 5.74) is -0.424. The Labute approximate surface area is 156 Å². The van der Waals surface area contributed by atoms with Gasteiger partial charge in [-0.2, -0.15) is 27.8 Å². The van der Waals surface area contributed by atoms with Crippen LogP contribution in [-0.2, 0) is 6.18 Å². The van der Waals surface area contributed by atoms with Gasteiger partial charge in [-0.25, -0.2) is 4.98 Å². The van der Waals surface area contributed by atoms with E-state index in [2.05, 4.69) is 25.7 Å². The summed E-state index contributed by atoms with van der Waals surface area (Å²) in [6.45, 7) is 0.140. The Bertz CT molecular complexity index is 1060. The third kappa shape index (κ3) is 3.19. The maximum Gasteiger partial charge on any atom is 0.419 e. The number of pyridine rings is 1. The largest absolute Gasteiger partial charge is 0.478 e. The van der Waals surface area contributed by atoms with E-state index in [1.807, 2.05) is 0 Å². The van der Waals surface area contributed by atoms with Gasteiger partial charge in [0.25, 0.3) is 0 Å². The van der Waals surface area contributed by atoms with Crippen LogP contribution in [0, 0.1) is 0 Å². The molecule has 1 aliphatic rings. The quantitative estimate of drug-likeness (QED) is 0.656. The van der Waals surface area contributed by atoms with Crippen LogP contribution in [-0.4, -0.2) is 39.0 Å². The molecule has 2 N–H and O–H groups in total. The van der Waals surface area contributed by atoms with Gasteiger partial charge in [-0.05, 0) is 12.5 Å². The highest BCUT2D eigenvalue weighted by Crippen LogP contribution is 2.36. The molecule has 0 fully saturated rings. The van der Waals surface area contributed by atoms with Crippen molar-refractivity contribution < 1.29 is 22.7 Å². The van der Waals surface area contributed by atoms with Crippen molar-refractivity contribution in [2.45, 2.75) is 19.0 Å². The van der Waals surface area contributed by atoms with E-state index < -0.39 is 17.6 Å². The monoisotopic (exact) mass is 392 g/mol. The minimum absolute atomic E-state index is 0.0279. The molecular formula is C17H15F3N6O2. The van der Waals surface area contributed by atoms with Crippen molar-refractivity contribution in [1.29, 1.82) is 0 Å². The molecule has 0 atom stereocenters. The Kier molecular flexibility index (Phi) is 4.28. The van der Waals surface area contributed by atoms with E-state index in [1.54, 1.807) is 7.05 Å². The van der Waals surface area contributed by atoms with Gasteiger partial charge in [0.2, 0.25) is 5.88 Å². The van der Waals surface area contributed by atoms with Crippen LogP contribution in [0.25, 0.3) is 5.65 Å². The van der Waals surface area contributed by atoms with Gasteiger partial charge in [0.15, 0.2) is 11.4 Å². The first-order chi connectivity index (χ1) is 13.4. The van der Waals surface area contributed by atoms with Crippen molar-refractivity contribution in [3.05, 3.63) is 35.5 Å². The number of ketones is 1. The van der Waals surface area contributed by atoms with Crippen LogP contribution in [0.5, 0.6) is 5.88 Å². The van der Waals surface area contributed by atoms with Gasteiger partial charge in [-0.1, -0.05) is 0 Å². The summed E-state index contributed by atoms with van der Waals surface area (Å²) in [5, 5.41) is 9.65. The fourth-order valence-corrected chi connectivity index (χ4v) is 2.91. The number of carbonyl (C=O) groups excluding carboxylic acids is 1. The second-order valence-corrected chi connectivity index (χ2v) is 6.11. The summed E-state index contributed by atoms with van der Waals surface area (Å²) in [7, 11) is 1.63. The van der Waals surface area contributed by atoms with Crippen LogP contribution >= 0.6 is 0 Å². The number of carbonyl (C=O) groups is 1. The molecule has 1 aliphatic heterocycles. The summed E-state index contributed by atoms with van der Waals surface area (Å²) < 4.78 is 47.0. The summed E-state index contributed by atoms with van der Waals surface area (Å²) in [4.78, 5) is 20.8. The topological polar surface area (TPSA) is 93.4 Å². The van der Waals surface area contributed by atoms with Crippen LogP contribution in [0.1, 0.15) is 28.8 Å². The van der Waals surface area contributed by atoms with Crippen molar-refractivity contribution in [1.82, 2.24) is 19.6 Å². The summed E-state index contributed by atoms with van der Waals surface area (Å²) in [5.74, 6) is -0.0564. The van der Waals surface area contributed by atoms with Crippen LogP contribution in [0.3, 0.4) is 0 Å². The van der Waals surface area contributed by atoms with E-state index in [1.165, 1.54) is 16.8 Å². The van der Waals surface area contributed by atoms with Gasteiger partial charge < -0.3 is 15.4 Å². The lowest BCUT2D eigenvalue weighted by Gasteiger charge is -2.15. The highest BCUT2D eigenvalue weighted by atomic mass is 19.4. The highest BCUT2D eigenvalue weighted by molar-refractivity contribution is 6.01. The standard InChI is InChI=1S/C17H15F3N6O2/c1-21-13-7-12-23-15-10(17(18,19)20)4-5-14(25-15)28-6-2-3-11(27)9-8-22-26(13)16(9)24-12/h4-5,7-8,21H,2-3,6H2,1H3,(H,23,24,25). The molecule has 0 unspecified atom stereocenters. The number of ether oxygens (including phenoxy) is 1. The van der Waals surface area contributed by atoms with E-state index in [0.29, 0.717) is 12.2 Å². The normalized spacial score (nSPS) is 14.6. The Hall–Kier alpha value is -3.37. The van der Waals surface area contributed by atoms with Crippen molar-refractivity contribution in [2.24, 2.45) is 0 Å². The maximum absolute atomic E-state index is 13.4. The smallest absolute Gasteiger partial charge is 0.419 e. The van der Waals surface area contributed by atoms with Gasteiger partial charge in [0, 0.05) is 25.6 Å². The van der Waals surface area contributed by atoms with Gasteiger partial charge in [0.05, 0.1) is 23.9 Å². The number of halogens is 3. The first kappa shape index (κ1) is 18.0. The molecule has 4 rings (SSSR count). The molecule has 11 heteroatoms. The molecule has 0 aliphatic carbocycles. The van der Waals surface area contributed by atoms with Gasteiger partial charge >= 0.3 is 6.18 Å². The van der Waals surface area contributed by atoms with E-state index in [0.717, 1.165) is 12.1 Å². The van der Waals surface area contributed by atoms with Crippen molar-refractivity contribution in [3.8, 4) is 5.88 Å². The second-order valence-electron chi connectivity index (χ2n) is 6.11. The van der Waals surface area contributed by atoms with E-state index in [4.69, 9.17) is 4.74 Å². The van der Waals surface area contributed by atoms with Crippen LogP contribution < -0.4 is 15.4 Å². The molecule has 0 saturated carbocycles. The second kappa shape index (κ2) is 6.66. The third-order valence-corrected chi connectivity index (χ3v) is 4.25. The predicted molar refractivity (Wildman–Crippen MR) is 94.1 cm³/mol. The Morgan fingerprint density at radius 1 is 1.29 bits per heavy atom. The number of fused-ring (bicyclic) bond motifs is 3. The fraction of sp³-hybridized carbons (Fsp3) is 0.294. The van der Waals surface area contributed by atoms with Crippen LogP contribution in [0.4, 0.5) is 30.6 Å². The lowest BCUT2D eigenvalue weighted by Crippen LogP contribution is -2.12. The molecule has 0 saturated heterocycles. The Balaban J connectivity index is 1.91. The van der Waals surface area contributed by atoms with Crippen LogP contribution in [0.15, 0.2) is 24.4 Å². The molecule has 146 valence electrons. The molecule has 8 nitrogen and oxygen atoms in total. The Morgan fingerprint density at radius 3 is 2.86 bits per heavy atom. The highest BCUT2D eigenvalue weighted by Gasteiger charge is 2.35. The number of nitrogens with one attached hydrogen (secondary N) is 2. The number of aromatic nitrogens is 4. The van der Waals surface area contributed by atoms with E-state index in [-0.39, 0.29) is 41.7 Å². The number of hydrogen-bond donors (Lipinski definition) is 2. The molecule has 0 aromatic carbocycles. The van der Waals surface area contributed by atoms with E-state index >= 15 is 0 Å². The first-order valence-corrected chi connectivity index (χ1v) is 8.44. The average Bonchev–Trinajstić information content (AvgIpc) is 3.07. The minimum Gasteiger partial charge on any atom is -0.478 e. The first-order valence-electron chi connectivity index (χ1n) is 8.44. The minimum atomic E-state index is -4.62. The van der Waals surface area contributed by atoms with Gasteiger partial charge in [0.1, 0.15) is 17.5 Å². The maximum atomic E-state index is 13.4. The number of hydrogen-bond acceptors (Lipinski definition) is 7. The Morgan fingerprint density at radius 2 is 2.11 bits per heavy atom.